The number of pyridine rings is 1. The van der Waals surface area contributed by atoms with E-state index in [1.54, 1.807) is 28.4 Å². The number of nitrogens with zero attached hydrogens (tertiary/aromatic N) is 2. The fourth-order valence-corrected chi connectivity index (χ4v) is 2.42. The maximum absolute atomic E-state index is 12.0. The Morgan fingerprint density at radius 2 is 2.33 bits per heavy atom. The summed E-state index contributed by atoms with van der Waals surface area (Å²) < 4.78 is 1.58. The van der Waals surface area contributed by atoms with E-state index in [-0.39, 0.29) is 5.56 Å². The summed E-state index contributed by atoms with van der Waals surface area (Å²) >= 11 is 1.72. The molecule has 0 fully saturated rings. The fourth-order valence-electron chi connectivity index (χ4n) is 1.68. The average Bonchev–Trinajstić information content (AvgIpc) is 2.37. The van der Waals surface area contributed by atoms with Crippen molar-refractivity contribution in [3.63, 3.8) is 0 Å². The van der Waals surface area contributed by atoms with Gasteiger partial charge < -0.3 is 5.73 Å². The van der Waals surface area contributed by atoms with Crippen LogP contribution in [0.5, 0.6) is 0 Å². The molecule has 4 nitrogen and oxygen atoms in total. The number of aromatic nitrogens is 2. The Kier molecular flexibility index (Phi) is 4.04. The summed E-state index contributed by atoms with van der Waals surface area (Å²) in [5.74, 6) is 0.721. The number of aryl methyl sites for hydroxylation is 1. The lowest BCUT2D eigenvalue weighted by atomic mass is 10.3. The number of fused-ring (bicyclic) bond motifs is 1. The van der Waals surface area contributed by atoms with Crippen molar-refractivity contribution in [1.82, 2.24) is 9.38 Å². The van der Waals surface area contributed by atoms with E-state index in [0.29, 0.717) is 11.8 Å². The minimum absolute atomic E-state index is 0.0281. The molecule has 18 heavy (non-hydrogen) atoms. The molecule has 2 rings (SSSR count). The summed E-state index contributed by atoms with van der Waals surface area (Å²) in [6.45, 7) is 4.67. The van der Waals surface area contributed by atoms with Crippen molar-refractivity contribution in [2.75, 3.05) is 6.54 Å². The molecule has 96 valence electrons. The van der Waals surface area contributed by atoms with Gasteiger partial charge in [0.1, 0.15) is 5.65 Å². The minimum atomic E-state index is -0.0281. The Balaban J connectivity index is 2.36. The summed E-state index contributed by atoms with van der Waals surface area (Å²) in [5.41, 5.74) is 8.11. The smallest absolute Gasteiger partial charge is 0.258 e. The third-order valence-electron chi connectivity index (χ3n) is 2.79. The lowest BCUT2D eigenvalue weighted by Gasteiger charge is -2.09. The fraction of sp³-hybridized carbons (Fsp3) is 0.385. The largest absolute Gasteiger partial charge is 0.329 e. The number of hydrogen-bond donors (Lipinski definition) is 1. The second-order valence-corrected chi connectivity index (χ2v) is 5.75. The lowest BCUT2D eigenvalue weighted by Crippen LogP contribution is -2.17. The van der Waals surface area contributed by atoms with Crippen LogP contribution in [0.1, 0.15) is 18.2 Å². The molecule has 0 bridgehead atoms. The molecular weight excluding hydrogens is 246 g/mol. The topological polar surface area (TPSA) is 60.4 Å². The van der Waals surface area contributed by atoms with Crippen LogP contribution in [0.3, 0.4) is 0 Å². The van der Waals surface area contributed by atoms with Gasteiger partial charge in [0.05, 0.1) is 5.69 Å². The highest BCUT2D eigenvalue weighted by molar-refractivity contribution is 7.99. The van der Waals surface area contributed by atoms with Gasteiger partial charge in [0.15, 0.2) is 0 Å². The van der Waals surface area contributed by atoms with Gasteiger partial charge in [0.2, 0.25) is 0 Å². The monoisotopic (exact) mass is 263 g/mol. The maximum Gasteiger partial charge on any atom is 0.258 e. The molecule has 1 unspecified atom stereocenters. The van der Waals surface area contributed by atoms with Gasteiger partial charge in [-0.1, -0.05) is 13.0 Å². The van der Waals surface area contributed by atoms with Crippen LogP contribution in [-0.2, 0) is 5.75 Å². The second kappa shape index (κ2) is 5.54. The van der Waals surface area contributed by atoms with Gasteiger partial charge in [0, 0.05) is 29.8 Å². The Hall–Kier alpha value is -1.33. The molecule has 5 heteroatoms. The van der Waals surface area contributed by atoms with E-state index in [9.17, 15) is 4.79 Å². The molecule has 1 atom stereocenters. The van der Waals surface area contributed by atoms with Gasteiger partial charge in [-0.25, -0.2) is 4.98 Å². The number of nitrogens with two attached hydrogens (primary N) is 1. The molecule has 0 aliphatic heterocycles. The molecule has 0 saturated heterocycles. The van der Waals surface area contributed by atoms with Crippen LogP contribution in [0.25, 0.3) is 5.65 Å². The van der Waals surface area contributed by atoms with Crippen LogP contribution < -0.4 is 11.3 Å². The predicted molar refractivity (Wildman–Crippen MR) is 76.0 cm³/mol. The van der Waals surface area contributed by atoms with Gasteiger partial charge in [-0.15, -0.1) is 0 Å². The van der Waals surface area contributed by atoms with Crippen molar-refractivity contribution in [3.8, 4) is 0 Å². The Bertz CT molecular complexity index is 609. The molecule has 0 amide bonds. The highest BCUT2D eigenvalue weighted by Gasteiger charge is 2.06. The molecule has 2 N–H and O–H groups in total. The van der Waals surface area contributed by atoms with E-state index < -0.39 is 0 Å². The number of thioether (sulfide) groups is 1. The Morgan fingerprint density at radius 1 is 1.56 bits per heavy atom. The van der Waals surface area contributed by atoms with Crippen molar-refractivity contribution in [1.29, 1.82) is 0 Å². The van der Waals surface area contributed by atoms with Gasteiger partial charge >= 0.3 is 0 Å². The van der Waals surface area contributed by atoms with E-state index >= 15 is 0 Å². The number of hydrogen-bond acceptors (Lipinski definition) is 4. The highest BCUT2D eigenvalue weighted by atomic mass is 32.2. The van der Waals surface area contributed by atoms with Gasteiger partial charge in [-0.05, 0) is 18.6 Å². The summed E-state index contributed by atoms with van der Waals surface area (Å²) in [7, 11) is 0. The van der Waals surface area contributed by atoms with Gasteiger partial charge in [-0.3, -0.25) is 9.20 Å². The van der Waals surface area contributed by atoms with Crippen LogP contribution in [0.4, 0.5) is 0 Å². The predicted octanol–water partition coefficient (Wildman–Crippen LogP) is 1.58. The van der Waals surface area contributed by atoms with E-state index in [4.69, 9.17) is 5.73 Å². The standard InChI is InChI=1S/C13H17N3OS/c1-9-4-3-5-16-12(17)6-11(15-13(9)16)8-18-10(2)7-14/h3-6,10H,7-8,14H2,1-2H3. The van der Waals surface area contributed by atoms with Crippen LogP contribution in [0.2, 0.25) is 0 Å². The maximum atomic E-state index is 12.0. The number of rotatable bonds is 4. The highest BCUT2D eigenvalue weighted by Crippen LogP contribution is 2.15. The van der Waals surface area contributed by atoms with Gasteiger partial charge in [0.25, 0.3) is 5.56 Å². The van der Waals surface area contributed by atoms with Crippen molar-refractivity contribution in [2.24, 2.45) is 5.73 Å². The third-order valence-corrected chi connectivity index (χ3v) is 4.01. The first-order chi connectivity index (χ1) is 8.61. The molecule has 2 heterocycles. The molecule has 0 aromatic carbocycles. The first-order valence-corrected chi connectivity index (χ1v) is 6.96. The summed E-state index contributed by atoms with van der Waals surface area (Å²) in [6, 6.07) is 5.42. The second-order valence-electron chi connectivity index (χ2n) is 4.33. The zero-order valence-corrected chi connectivity index (χ0v) is 11.4. The normalized spacial score (nSPS) is 12.8. The summed E-state index contributed by atoms with van der Waals surface area (Å²) in [5, 5.41) is 0.377. The first-order valence-electron chi connectivity index (χ1n) is 5.91. The lowest BCUT2D eigenvalue weighted by molar-refractivity contribution is 0.946. The molecule has 0 spiro atoms. The third kappa shape index (κ3) is 2.73. The van der Waals surface area contributed by atoms with E-state index in [1.165, 1.54) is 0 Å². The molecule has 0 saturated carbocycles. The SMILES string of the molecule is Cc1cccn2c(=O)cc(CSC(C)CN)nc12. The van der Waals surface area contributed by atoms with Crippen molar-refractivity contribution < 1.29 is 0 Å². The van der Waals surface area contributed by atoms with Crippen molar-refractivity contribution in [2.45, 2.75) is 24.9 Å². The van der Waals surface area contributed by atoms with Crippen LogP contribution >= 0.6 is 11.8 Å². The average molecular weight is 263 g/mol. The summed E-state index contributed by atoms with van der Waals surface area (Å²) in [6.07, 6.45) is 1.75. The van der Waals surface area contributed by atoms with Crippen molar-refractivity contribution in [3.05, 3.63) is 46.0 Å². The van der Waals surface area contributed by atoms with Crippen LogP contribution in [0.15, 0.2) is 29.2 Å². The molecule has 2 aromatic heterocycles. The van der Waals surface area contributed by atoms with Crippen molar-refractivity contribution >= 4 is 17.4 Å². The van der Waals surface area contributed by atoms with E-state index in [2.05, 4.69) is 11.9 Å². The molecule has 0 aliphatic rings. The Morgan fingerprint density at radius 3 is 3.06 bits per heavy atom. The zero-order chi connectivity index (χ0) is 13.1. The molecular formula is C13H17N3OS. The molecule has 0 radical (unpaired) electrons. The first kappa shape index (κ1) is 13.1. The van der Waals surface area contributed by atoms with E-state index in [0.717, 1.165) is 22.7 Å². The summed E-state index contributed by atoms with van der Waals surface area (Å²) in [4.78, 5) is 16.5. The van der Waals surface area contributed by atoms with Gasteiger partial charge in [-0.2, -0.15) is 11.8 Å². The molecule has 2 aromatic rings. The van der Waals surface area contributed by atoms with Crippen LogP contribution in [0, 0.1) is 6.92 Å². The van der Waals surface area contributed by atoms with E-state index in [1.807, 2.05) is 19.1 Å². The zero-order valence-electron chi connectivity index (χ0n) is 10.6. The van der Waals surface area contributed by atoms with Crippen LogP contribution in [-0.4, -0.2) is 21.2 Å². The minimum Gasteiger partial charge on any atom is -0.329 e. The quantitative estimate of drug-likeness (QED) is 0.910. The Labute approximate surface area is 110 Å². The molecule has 0 aliphatic carbocycles.